The Morgan fingerprint density at radius 1 is 1.29 bits per heavy atom. The molecule has 6 heteroatoms. The Hall–Kier alpha value is -1.69. The van der Waals surface area contributed by atoms with Gasteiger partial charge in [0.05, 0.1) is 11.0 Å². The Kier molecular flexibility index (Phi) is 3.93. The molecule has 1 aromatic rings. The molecular weight excluding hydrogens is 290 g/mol. The van der Waals surface area contributed by atoms with Crippen LogP contribution in [0.25, 0.3) is 0 Å². The van der Waals surface area contributed by atoms with Gasteiger partial charge in [0, 0.05) is 11.3 Å². The molecule has 1 aliphatic heterocycles. The fraction of sp³-hybridized carbons (Fsp3) is 0.533. The monoisotopic (exact) mass is 309 g/mol. The van der Waals surface area contributed by atoms with E-state index in [0.29, 0.717) is 18.4 Å². The molecule has 1 fully saturated rings. The van der Waals surface area contributed by atoms with Crippen LogP contribution in [0.2, 0.25) is 0 Å². The fourth-order valence-corrected chi connectivity index (χ4v) is 3.98. The smallest absolute Gasteiger partial charge is 0.339 e. The number of anilines is 1. The Bertz CT molecular complexity index is 628. The molecule has 1 aliphatic rings. The van der Waals surface area contributed by atoms with Crippen LogP contribution in [0.3, 0.4) is 0 Å². The number of carboxylic acids is 1. The molecule has 5 nitrogen and oxygen atoms in total. The van der Waals surface area contributed by atoms with E-state index in [-0.39, 0.29) is 28.8 Å². The molecule has 21 heavy (non-hydrogen) atoms. The van der Waals surface area contributed by atoms with Gasteiger partial charge in [-0.15, -0.1) is 11.3 Å². The largest absolute Gasteiger partial charge is 0.478 e. The van der Waals surface area contributed by atoms with Gasteiger partial charge in [0.2, 0.25) is 11.8 Å². The summed E-state index contributed by atoms with van der Waals surface area (Å²) in [4.78, 5) is 38.4. The van der Waals surface area contributed by atoms with Crippen LogP contribution in [0.1, 0.15) is 53.9 Å². The number of imide groups is 1. The van der Waals surface area contributed by atoms with Crippen LogP contribution >= 0.6 is 11.3 Å². The first kappa shape index (κ1) is 15.7. The summed E-state index contributed by atoms with van der Waals surface area (Å²) in [5.74, 6) is -1.66. The van der Waals surface area contributed by atoms with Gasteiger partial charge in [-0.1, -0.05) is 13.8 Å². The zero-order valence-corrected chi connectivity index (χ0v) is 13.5. The SMILES string of the molecule is CCC1(CC)CC(=O)N(c2sc(C)c(C)c2C(=O)O)C1=O. The third-order valence-electron chi connectivity index (χ3n) is 4.53. The van der Waals surface area contributed by atoms with Crippen molar-refractivity contribution in [1.82, 2.24) is 0 Å². The zero-order valence-electron chi connectivity index (χ0n) is 12.6. The molecule has 2 amide bonds. The highest BCUT2D eigenvalue weighted by molar-refractivity contribution is 7.17. The van der Waals surface area contributed by atoms with E-state index in [1.54, 1.807) is 13.8 Å². The Labute approximate surface area is 127 Å². The Balaban J connectivity index is 2.58. The molecule has 0 aromatic carbocycles. The molecule has 0 atom stereocenters. The number of hydrogen-bond acceptors (Lipinski definition) is 4. The molecular formula is C15H19NO4S. The highest BCUT2D eigenvalue weighted by Gasteiger charge is 2.51. The topological polar surface area (TPSA) is 74.7 Å². The van der Waals surface area contributed by atoms with Crippen LogP contribution in [-0.4, -0.2) is 22.9 Å². The van der Waals surface area contributed by atoms with Crippen molar-refractivity contribution in [3.8, 4) is 0 Å². The van der Waals surface area contributed by atoms with E-state index in [1.807, 2.05) is 13.8 Å². The van der Waals surface area contributed by atoms with Crippen molar-refractivity contribution >= 4 is 34.1 Å². The fourth-order valence-electron chi connectivity index (χ4n) is 2.82. The van der Waals surface area contributed by atoms with E-state index in [1.165, 1.54) is 11.3 Å². The van der Waals surface area contributed by atoms with Crippen LogP contribution in [0, 0.1) is 19.3 Å². The maximum Gasteiger partial charge on any atom is 0.339 e. The van der Waals surface area contributed by atoms with Crippen LogP contribution in [0.4, 0.5) is 5.00 Å². The van der Waals surface area contributed by atoms with E-state index in [0.717, 1.165) is 9.78 Å². The third-order valence-corrected chi connectivity index (χ3v) is 5.73. The molecule has 2 rings (SSSR count). The average Bonchev–Trinajstić information content (AvgIpc) is 2.85. The summed E-state index contributed by atoms with van der Waals surface area (Å²) in [5, 5.41) is 9.66. The molecule has 1 saturated heterocycles. The zero-order chi connectivity index (χ0) is 15.9. The lowest BCUT2D eigenvalue weighted by atomic mass is 9.81. The molecule has 0 aliphatic carbocycles. The molecule has 0 bridgehead atoms. The number of carboxylic acid groups (broad SMARTS) is 1. The molecule has 0 unspecified atom stereocenters. The summed E-state index contributed by atoms with van der Waals surface area (Å²) in [6.07, 6.45) is 1.32. The summed E-state index contributed by atoms with van der Waals surface area (Å²) >= 11 is 1.20. The van der Waals surface area contributed by atoms with Crippen LogP contribution in [-0.2, 0) is 9.59 Å². The maximum atomic E-state index is 12.7. The maximum absolute atomic E-state index is 12.7. The summed E-state index contributed by atoms with van der Waals surface area (Å²) in [6, 6.07) is 0. The van der Waals surface area contributed by atoms with Crippen molar-refractivity contribution in [2.24, 2.45) is 5.41 Å². The predicted molar refractivity (Wildman–Crippen MR) is 80.9 cm³/mol. The van der Waals surface area contributed by atoms with Crippen LogP contribution in [0.5, 0.6) is 0 Å². The summed E-state index contributed by atoms with van der Waals surface area (Å²) in [5.41, 5.74) is 0.00867. The number of aryl methyl sites for hydroxylation is 1. The number of nitrogens with zero attached hydrogens (tertiary/aromatic N) is 1. The van der Waals surface area contributed by atoms with Gasteiger partial charge in [0.15, 0.2) is 0 Å². The molecule has 114 valence electrons. The highest BCUT2D eigenvalue weighted by atomic mass is 32.1. The van der Waals surface area contributed by atoms with Crippen molar-refractivity contribution in [2.45, 2.75) is 47.0 Å². The van der Waals surface area contributed by atoms with Gasteiger partial charge in [0.1, 0.15) is 5.00 Å². The Morgan fingerprint density at radius 3 is 2.29 bits per heavy atom. The van der Waals surface area contributed by atoms with Gasteiger partial charge >= 0.3 is 5.97 Å². The van der Waals surface area contributed by atoms with E-state index in [9.17, 15) is 19.5 Å². The second-order valence-electron chi connectivity index (χ2n) is 5.47. The molecule has 0 saturated carbocycles. The molecule has 0 spiro atoms. The molecule has 2 heterocycles. The van der Waals surface area contributed by atoms with Crippen LogP contribution < -0.4 is 4.90 Å². The van der Waals surface area contributed by atoms with E-state index < -0.39 is 11.4 Å². The minimum absolute atomic E-state index is 0.0715. The number of amides is 2. The van der Waals surface area contributed by atoms with Gasteiger partial charge in [-0.2, -0.15) is 0 Å². The second-order valence-corrected chi connectivity index (χ2v) is 6.67. The number of carbonyl (C=O) groups excluding carboxylic acids is 2. The predicted octanol–water partition coefficient (Wildman–Crippen LogP) is 3.13. The lowest BCUT2D eigenvalue weighted by Gasteiger charge is -2.23. The number of thiophene rings is 1. The number of carbonyl (C=O) groups is 3. The quantitative estimate of drug-likeness (QED) is 0.867. The molecule has 1 N–H and O–H groups in total. The second kappa shape index (κ2) is 5.26. The van der Waals surface area contributed by atoms with Crippen molar-refractivity contribution in [2.75, 3.05) is 4.90 Å². The van der Waals surface area contributed by atoms with Crippen LogP contribution in [0.15, 0.2) is 0 Å². The highest BCUT2D eigenvalue weighted by Crippen LogP contribution is 2.45. The average molecular weight is 309 g/mol. The summed E-state index contributed by atoms with van der Waals surface area (Å²) in [7, 11) is 0. The minimum atomic E-state index is -1.10. The number of aromatic carboxylic acids is 1. The third kappa shape index (κ3) is 2.18. The van der Waals surface area contributed by atoms with E-state index in [4.69, 9.17) is 0 Å². The summed E-state index contributed by atoms with van der Waals surface area (Å²) in [6.45, 7) is 7.28. The standard InChI is InChI=1S/C15H19NO4S/c1-5-15(6-2)7-10(17)16(14(15)20)12-11(13(18)19)8(3)9(4)21-12/h5-7H2,1-4H3,(H,18,19). The Morgan fingerprint density at radius 2 is 1.86 bits per heavy atom. The van der Waals surface area contributed by atoms with Crippen molar-refractivity contribution in [3.05, 3.63) is 16.0 Å². The first-order chi connectivity index (χ1) is 9.79. The van der Waals surface area contributed by atoms with Gasteiger partial charge < -0.3 is 5.11 Å². The first-order valence-corrected chi connectivity index (χ1v) is 7.81. The molecule has 1 aromatic heterocycles. The number of rotatable bonds is 4. The van der Waals surface area contributed by atoms with Gasteiger partial charge in [-0.3, -0.25) is 9.59 Å². The lowest BCUT2D eigenvalue weighted by Crippen LogP contribution is -2.35. The van der Waals surface area contributed by atoms with E-state index >= 15 is 0 Å². The van der Waals surface area contributed by atoms with E-state index in [2.05, 4.69) is 0 Å². The van der Waals surface area contributed by atoms with Gasteiger partial charge in [0.25, 0.3) is 0 Å². The molecule has 0 radical (unpaired) electrons. The normalized spacial score (nSPS) is 17.6. The van der Waals surface area contributed by atoms with Gasteiger partial charge in [-0.05, 0) is 32.3 Å². The minimum Gasteiger partial charge on any atom is -0.478 e. The van der Waals surface area contributed by atoms with Gasteiger partial charge in [-0.25, -0.2) is 9.69 Å². The first-order valence-electron chi connectivity index (χ1n) is 6.99. The van der Waals surface area contributed by atoms with Crippen molar-refractivity contribution in [3.63, 3.8) is 0 Å². The van der Waals surface area contributed by atoms with Crippen molar-refractivity contribution < 1.29 is 19.5 Å². The lowest BCUT2D eigenvalue weighted by molar-refractivity contribution is -0.126. The summed E-state index contributed by atoms with van der Waals surface area (Å²) < 4.78 is 0. The van der Waals surface area contributed by atoms with Crippen molar-refractivity contribution in [1.29, 1.82) is 0 Å². The number of hydrogen-bond donors (Lipinski definition) is 1.